The van der Waals surface area contributed by atoms with Crippen molar-refractivity contribution in [2.75, 3.05) is 17.1 Å². The van der Waals surface area contributed by atoms with Crippen molar-refractivity contribution in [1.29, 1.82) is 0 Å². The number of nitrogens with one attached hydrogen (secondary N) is 2. The Hall–Kier alpha value is -3.32. The predicted octanol–water partition coefficient (Wildman–Crippen LogP) is 4.31. The van der Waals surface area contributed by atoms with E-state index in [1.165, 1.54) is 31.4 Å². The Balaban J connectivity index is 1.71. The number of rotatable bonds is 7. The molecule has 0 saturated heterocycles. The summed E-state index contributed by atoms with van der Waals surface area (Å²) in [5.41, 5.74) is 2.61. The maximum atomic E-state index is 12.6. The molecule has 0 bridgehead atoms. The molecule has 1 amide bonds. The highest BCUT2D eigenvalue weighted by Gasteiger charge is 2.15. The Morgan fingerprint density at radius 2 is 1.62 bits per heavy atom. The van der Waals surface area contributed by atoms with E-state index in [1.807, 2.05) is 31.2 Å². The van der Waals surface area contributed by atoms with Crippen molar-refractivity contribution in [2.45, 2.75) is 18.2 Å². The van der Waals surface area contributed by atoms with Crippen molar-refractivity contribution in [2.24, 2.45) is 0 Å². The van der Waals surface area contributed by atoms with Gasteiger partial charge in [-0.05, 0) is 72.6 Å². The number of ether oxygens (including phenoxy) is 1. The van der Waals surface area contributed by atoms with E-state index in [4.69, 9.17) is 4.74 Å². The molecule has 0 aromatic heterocycles. The highest BCUT2D eigenvalue weighted by molar-refractivity contribution is 7.92. The standard InChI is InChI=1S/C22H22N2O4S/c1-3-16-5-4-6-19(15-16)23-22(25)17-7-13-21(14-8-17)29(26,27)24-18-9-11-20(28-2)12-10-18/h4-15,24H,3H2,1-2H3,(H,23,25). The first-order valence-corrected chi connectivity index (χ1v) is 10.6. The Morgan fingerprint density at radius 1 is 0.931 bits per heavy atom. The van der Waals surface area contributed by atoms with Crippen molar-refractivity contribution in [1.82, 2.24) is 0 Å². The molecule has 6 nitrogen and oxygen atoms in total. The lowest BCUT2D eigenvalue weighted by atomic mass is 10.1. The number of hydrogen-bond donors (Lipinski definition) is 2. The van der Waals surface area contributed by atoms with Gasteiger partial charge in [0.1, 0.15) is 5.75 Å². The Morgan fingerprint density at radius 3 is 2.24 bits per heavy atom. The zero-order valence-electron chi connectivity index (χ0n) is 16.2. The third-order valence-corrected chi connectivity index (χ3v) is 5.76. The molecule has 0 fully saturated rings. The third kappa shape index (κ3) is 5.14. The fourth-order valence-corrected chi connectivity index (χ4v) is 3.79. The first kappa shape index (κ1) is 20.4. The maximum absolute atomic E-state index is 12.6. The van der Waals surface area contributed by atoms with Crippen LogP contribution in [-0.2, 0) is 16.4 Å². The number of methoxy groups -OCH3 is 1. The molecule has 0 aliphatic carbocycles. The molecule has 2 N–H and O–H groups in total. The minimum Gasteiger partial charge on any atom is -0.497 e. The van der Waals surface area contributed by atoms with Gasteiger partial charge in [0.2, 0.25) is 0 Å². The highest BCUT2D eigenvalue weighted by atomic mass is 32.2. The third-order valence-electron chi connectivity index (χ3n) is 4.36. The first-order chi connectivity index (χ1) is 13.9. The molecule has 3 aromatic rings. The smallest absolute Gasteiger partial charge is 0.261 e. The SMILES string of the molecule is CCc1cccc(NC(=O)c2ccc(S(=O)(=O)Nc3ccc(OC)cc3)cc2)c1. The topological polar surface area (TPSA) is 84.5 Å². The van der Waals surface area contributed by atoms with E-state index in [-0.39, 0.29) is 10.8 Å². The molecule has 3 aromatic carbocycles. The zero-order valence-corrected chi connectivity index (χ0v) is 17.0. The summed E-state index contributed by atoms with van der Waals surface area (Å²) >= 11 is 0. The quantitative estimate of drug-likeness (QED) is 0.608. The van der Waals surface area contributed by atoms with Gasteiger partial charge in [-0.15, -0.1) is 0 Å². The lowest BCUT2D eigenvalue weighted by Gasteiger charge is -2.10. The van der Waals surface area contributed by atoms with Crippen LogP contribution >= 0.6 is 0 Å². The van der Waals surface area contributed by atoms with Gasteiger partial charge in [0, 0.05) is 16.9 Å². The monoisotopic (exact) mass is 410 g/mol. The fourth-order valence-electron chi connectivity index (χ4n) is 2.73. The molecule has 0 heterocycles. The van der Waals surface area contributed by atoms with E-state index in [0.29, 0.717) is 22.7 Å². The van der Waals surface area contributed by atoms with E-state index < -0.39 is 10.0 Å². The van der Waals surface area contributed by atoms with Gasteiger partial charge >= 0.3 is 0 Å². The van der Waals surface area contributed by atoms with Crippen molar-refractivity contribution in [3.63, 3.8) is 0 Å². The minimum atomic E-state index is -3.77. The van der Waals surface area contributed by atoms with Gasteiger partial charge in [0.25, 0.3) is 15.9 Å². The van der Waals surface area contributed by atoms with E-state index in [9.17, 15) is 13.2 Å². The molecule has 150 valence electrons. The van der Waals surface area contributed by atoms with Gasteiger partial charge in [0.15, 0.2) is 0 Å². The molecule has 0 unspecified atom stereocenters. The second-order valence-electron chi connectivity index (χ2n) is 6.37. The van der Waals surface area contributed by atoms with Crippen LogP contribution in [0.15, 0.2) is 77.7 Å². The van der Waals surface area contributed by atoms with Crippen LogP contribution in [0.3, 0.4) is 0 Å². The van der Waals surface area contributed by atoms with E-state index in [0.717, 1.165) is 12.0 Å². The zero-order chi connectivity index (χ0) is 20.9. The van der Waals surface area contributed by atoms with E-state index in [2.05, 4.69) is 10.0 Å². The second-order valence-corrected chi connectivity index (χ2v) is 8.05. The number of carbonyl (C=O) groups is 1. The predicted molar refractivity (Wildman–Crippen MR) is 114 cm³/mol. The molecule has 0 spiro atoms. The molecule has 7 heteroatoms. The van der Waals surface area contributed by atoms with Gasteiger partial charge in [0.05, 0.1) is 12.0 Å². The summed E-state index contributed by atoms with van der Waals surface area (Å²) in [6.07, 6.45) is 0.872. The molecule has 0 aliphatic heterocycles. The van der Waals surface area contributed by atoms with Crippen LogP contribution in [0.2, 0.25) is 0 Å². The van der Waals surface area contributed by atoms with Gasteiger partial charge in [-0.1, -0.05) is 19.1 Å². The van der Waals surface area contributed by atoms with Crippen LogP contribution in [0.1, 0.15) is 22.8 Å². The van der Waals surface area contributed by atoms with Crippen molar-refractivity contribution < 1.29 is 17.9 Å². The molecular weight excluding hydrogens is 388 g/mol. The fraction of sp³-hybridized carbons (Fsp3) is 0.136. The van der Waals surface area contributed by atoms with Gasteiger partial charge < -0.3 is 10.1 Å². The van der Waals surface area contributed by atoms with Crippen molar-refractivity contribution in [3.8, 4) is 5.75 Å². The summed E-state index contributed by atoms with van der Waals surface area (Å²) in [6.45, 7) is 2.04. The summed E-state index contributed by atoms with van der Waals surface area (Å²) in [5, 5.41) is 2.83. The number of amides is 1. The van der Waals surface area contributed by atoms with Crippen LogP contribution in [0.5, 0.6) is 5.75 Å². The van der Waals surface area contributed by atoms with Gasteiger partial charge in [-0.2, -0.15) is 0 Å². The molecule has 0 atom stereocenters. The largest absolute Gasteiger partial charge is 0.497 e. The summed E-state index contributed by atoms with van der Waals surface area (Å²) in [7, 11) is -2.23. The number of sulfonamides is 1. The van der Waals surface area contributed by atoms with E-state index >= 15 is 0 Å². The summed E-state index contributed by atoms with van der Waals surface area (Å²) in [6, 6.07) is 19.9. The summed E-state index contributed by atoms with van der Waals surface area (Å²) in [4.78, 5) is 12.5. The van der Waals surface area contributed by atoms with E-state index in [1.54, 1.807) is 24.3 Å². The molecule has 29 heavy (non-hydrogen) atoms. The molecule has 3 rings (SSSR count). The number of carbonyl (C=O) groups excluding carboxylic acids is 1. The number of anilines is 2. The molecular formula is C22H22N2O4S. The average molecular weight is 410 g/mol. The first-order valence-electron chi connectivity index (χ1n) is 9.08. The Labute approximate surface area is 170 Å². The average Bonchev–Trinajstić information content (AvgIpc) is 2.74. The van der Waals surface area contributed by atoms with Crippen LogP contribution in [0.25, 0.3) is 0 Å². The minimum absolute atomic E-state index is 0.0675. The number of aryl methyl sites for hydroxylation is 1. The number of benzene rings is 3. The normalized spacial score (nSPS) is 11.0. The Kier molecular flexibility index (Phi) is 6.19. The number of hydrogen-bond acceptors (Lipinski definition) is 4. The van der Waals surface area contributed by atoms with Crippen LogP contribution in [-0.4, -0.2) is 21.4 Å². The van der Waals surface area contributed by atoms with Gasteiger partial charge in [-0.25, -0.2) is 8.42 Å². The highest BCUT2D eigenvalue weighted by Crippen LogP contribution is 2.20. The van der Waals surface area contributed by atoms with Crippen molar-refractivity contribution in [3.05, 3.63) is 83.9 Å². The Bertz CT molecular complexity index is 1090. The summed E-state index contributed by atoms with van der Waals surface area (Å²) in [5.74, 6) is 0.332. The summed E-state index contributed by atoms with van der Waals surface area (Å²) < 4.78 is 32.7. The molecule has 0 saturated carbocycles. The maximum Gasteiger partial charge on any atom is 0.261 e. The second kappa shape index (κ2) is 8.79. The van der Waals surface area contributed by atoms with Crippen LogP contribution in [0.4, 0.5) is 11.4 Å². The van der Waals surface area contributed by atoms with Crippen LogP contribution in [0, 0.1) is 0 Å². The van der Waals surface area contributed by atoms with Crippen LogP contribution < -0.4 is 14.8 Å². The lowest BCUT2D eigenvalue weighted by Crippen LogP contribution is -2.15. The van der Waals surface area contributed by atoms with Crippen molar-refractivity contribution >= 4 is 27.3 Å². The van der Waals surface area contributed by atoms with Gasteiger partial charge in [-0.3, -0.25) is 9.52 Å². The molecule has 0 aliphatic rings. The molecule has 0 radical (unpaired) electrons. The lowest BCUT2D eigenvalue weighted by molar-refractivity contribution is 0.102.